The fourth-order valence-electron chi connectivity index (χ4n) is 6.18. The molecule has 35 heavy (non-hydrogen) atoms. The van der Waals surface area contributed by atoms with Crippen LogP contribution in [0.5, 0.6) is 0 Å². The molecular weight excluding hydrogens is 467 g/mol. The van der Waals surface area contributed by atoms with Crippen molar-refractivity contribution in [2.45, 2.75) is 74.6 Å². The Hall–Kier alpha value is -3.20. The number of nitrogens with zero attached hydrogens (tertiary/aromatic N) is 4. The van der Waals surface area contributed by atoms with Gasteiger partial charge in [0.15, 0.2) is 5.72 Å². The van der Waals surface area contributed by atoms with Crippen molar-refractivity contribution >= 4 is 17.8 Å². The molecule has 12 heteroatoms. The predicted octanol–water partition coefficient (Wildman–Crippen LogP) is 1.74. The summed E-state index contributed by atoms with van der Waals surface area (Å²) in [4.78, 5) is 44.8. The van der Waals surface area contributed by atoms with E-state index in [-0.39, 0.29) is 36.8 Å². The van der Waals surface area contributed by atoms with Gasteiger partial charge in [0.1, 0.15) is 6.04 Å². The molecule has 1 saturated carbocycles. The molecule has 1 aromatic rings. The highest BCUT2D eigenvalue weighted by Gasteiger charge is 2.72. The van der Waals surface area contributed by atoms with Crippen molar-refractivity contribution in [3.05, 3.63) is 30.1 Å². The number of amides is 2. The monoisotopic (exact) mass is 491 g/mol. The average Bonchev–Trinajstić information content (AvgIpc) is 3.33. The summed E-state index contributed by atoms with van der Waals surface area (Å²) in [5.74, 6) is -4.06. The minimum absolute atomic E-state index is 0.0504. The summed E-state index contributed by atoms with van der Waals surface area (Å²) in [5, 5.41) is 9.53. The minimum atomic E-state index is -5.21. The van der Waals surface area contributed by atoms with Gasteiger partial charge in [-0.2, -0.15) is 18.4 Å². The maximum absolute atomic E-state index is 13.4. The Morgan fingerprint density at radius 2 is 1.91 bits per heavy atom. The summed E-state index contributed by atoms with van der Waals surface area (Å²) < 4.78 is 43.4. The molecule has 9 nitrogen and oxygen atoms in total. The number of rotatable bonds is 4. The van der Waals surface area contributed by atoms with E-state index in [1.807, 2.05) is 11.0 Å². The maximum atomic E-state index is 13.4. The topological polar surface area (TPSA) is 130 Å². The van der Waals surface area contributed by atoms with Crippen molar-refractivity contribution < 1.29 is 32.3 Å². The van der Waals surface area contributed by atoms with Crippen LogP contribution < -0.4 is 5.73 Å². The molecule has 1 aliphatic carbocycles. The molecule has 2 unspecified atom stereocenters. The Bertz CT molecular complexity index is 1080. The average molecular weight is 491 g/mol. The highest BCUT2D eigenvalue weighted by molar-refractivity contribution is 5.94. The van der Waals surface area contributed by atoms with Gasteiger partial charge in [-0.3, -0.25) is 19.5 Å². The van der Waals surface area contributed by atoms with E-state index in [0.717, 1.165) is 17.7 Å². The largest absolute Gasteiger partial charge is 0.491 e. The number of nitrogens with two attached hydrogens (primary N) is 1. The second-order valence-corrected chi connectivity index (χ2v) is 9.82. The molecule has 0 aromatic carbocycles. The fraction of sp³-hybridized carbons (Fsp3) is 0.609. The zero-order chi connectivity index (χ0) is 25.1. The van der Waals surface area contributed by atoms with Crippen LogP contribution in [0.25, 0.3) is 0 Å². The quantitative estimate of drug-likeness (QED) is 0.635. The third kappa shape index (κ3) is 3.82. The number of hydrogen-bond donors (Lipinski definition) is 1. The number of hydrogen-bond acceptors (Lipinski definition) is 7. The summed E-state index contributed by atoms with van der Waals surface area (Å²) in [6.07, 6.45) is 0.485. The van der Waals surface area contributed by atoms with Crippen molar-refractivity contribution in [2.24, 2.45) is 17.6 Å². The van der Waals surface area contributed by atoms with Crippen LogP contribution in [0.2, 0.25) is 0 Å². The molecule has 0 spiro atoms. The van der Waals surface area contributed by atoms with E-state index in [4.69, 9.17) is 10.5 Å². The SMILES string of the molecule is N#C[C@@H]1C[C@@H]2C[C@@]2(OC(=O)C(F)(F)F)N1C(=O)[C@@H](N)C1CC2CCC(C1)N2C(=O)c1cccnc1. The van der Waals surface area contributed by atoms with E-state index in [2.05, 4.69) is 4.98 Å². The number of carbonyl (C=O) groups excluding carboxylic acids is 3. The van der Waals surface area contributed by atoms with Crippen molar-refractivity contribution in [2.75, 3.05) is 0 Å². The molecular formula is C23H24F3N5O4. The maximum Gasteiger partial charge on any atom is 0.491 e. The highest BCUT2D eigenvalue weighted by atomic mass is 19.4. The zero-order valence-electron chi connectivity index (χ0n) is 18.6. The lowest BCUT2D eigenvalue weighted by atomic mass is 9.84. The first-order valence-electron chi connectivity index (χ1n) is 11.6. The summed E-state index contributed by atoms with van der Waals surface area (Å²) in [7, 11) is 0. The molecule has 4 heterocycles. The third-order valence-corrected chi connectivity index (χ3v) is 7.84. The van der Waals surface area contributed by atoms with Gasteiger partial charge in [-0.1, -0.05) is 0 Å². The number of esters is 1. The molecule has 186 valence electrons. The van der Waals surface area contributed by atoms with Gasteiger partial charge < -0.3 is 15.4 Å². The van der Waals surface area contributed by atoms with Crippen LogP contribution in [-0.4, -0.2) is 68.6 Å². The summed E-state index contributed by atoms with van der Waals surface area (Å²) >= 11 is 0. The molecule has 2 N–H and O–H groups in total. The van der Waals surface area contributed by atoms with E-state index in [9.17, 15) is 32.8 Å². The molecule has 2 amide bonds. The van der Waals surface area contributed by atoms with Crippen molar-refractivity contribution in [3.63, 3.8) is 0 Å². The van der Waals surface area contributed by atoms with Gasteiger partial charge in [-0.05, 0) is 50.2 Å². The molecule has 3 aliphatic heterocycles. The second-order valence-electron chi connectivity index (χ2n) is 9.82. The van der Waals surface area contributed by atoms with Gasteiger partial charge in [0, 0.05) is 36.8 Å². The number of ether oxygens (including phenoxy) is 1. The number of aromatic nitrogens is 1. The number of nitriles is 1. The molecule has 4 aliphatic rings. The summed E-state index contributed by atoms with van der Waals surface area (Å²) in [6.45, 7) is 0. The van der Waals surface area contributed by atoms with Gasteiger partial charge in [0.2, 0.25) is 5.91 Å². The van der Waals surface area contributed by atoms with Crippen LogP contribution >= 0.6 is 0 Å². The van der Waals surface area contributed by atoms with Gasteiger partial charge >= 0.3 is 12.1 Å². The Balaban J connectivity index is 1.31. The van der Waals surface area contributed by atoms with Crippen molar-refractivity contribution in [3.8, 4) is 6.07 Å². The van der Waals surface area contributed by atoms with Gasteiger partial charge in [-0.25, -0.2) is 4.79 Å². The number of carbonyl (C=O) groups is 3. The molecule has 4 fully saturated rings. The number of fused-ring (bicyclic) bond motifs is 3. The van der Waals surface area contributed by atoms with Crippen LogP contribution in [0, 0.1) is 23.2 Å². The summed E-state index contributed by atoms with van der Waals surface area (Å²) in [6, 6.07) is 2.96. The van der Waals surface area contributed by atoms with E-state index in [0.29, 0.717) is 18.4 Å². The lowest BCUT2D eigenvalue weighted by Gasteiger charge is -2.42. The zero-order valence-corrected chi connectivity index (χ0v) is 18.6. The van der Waals surface area contributed by atoms with Gasteiger partial charge in [-0.15, -0.1) is 0 Å². The molecule has 6 atom stereocenters. The van der Waals surface area contributed by atoms with E-state index in [1.165, 1.54) is 6.20 Å². The van der Waals surface area contributed by atoms with E-state index >= 15 is 0 Å². The van der Waals surface area contributed by atoms with Crippen LogP contribution in [0.3, 0.4) is 0 Å². The third-order valence-electron chi connectivity index (χ3n) is 7.84. The van der Waals surface area contributed by atoms with Crippen LogP contribution in [0.15, 0.2) is 24.5 Å². The van der Waals surface area contributed by atoms with Crippen LogP contribution in [0.1, 0.15) is 48.9 Å². The Morgan fingerprint density at radius 3 is 2.49 bits per heavy atom. The number of likely N-dealkylation sites (tertiary alicyclic amines) is 1. The van der Waals surface area contributed by atoms with Crippen LogP contribution in [0.4, 0.5) is 13.2 Å². The minimum Gasteiger partial charge on any atom is -0.432 e. The van der Waals surface area contributed by atoms with Gasteiger partial charge in [0.05, 0.1) is 17.7 Å². The second kappa shape index (κ2) is 8.19. The lowest BCUT2D eigenvalue weighted by Crippen LogP contribution is -2.58. The molecule has 1 aromatic heterocycles. The molecule has 5 rings (SSSR count). The number of piperidine rings is 2. The number of halogens is 3. The lowest BCUT2D eigenvalue weighted by molar-refractivity contribution is -0.217. The molecule has 3 saturated heterocycles. The first kappa shape index (κ1) is 23.5. The highest BCUT2D eigenvalue weighted by Crippen LogP contribution is 2.59. The predicted molar refractivity (Wildman–Crippen MR) is 112 cm³/mol. The Labute approximate surface area is 199 Å². The number of pyridine rings is 1. The molecule has 0 radical (unpaired) electrons. The van der Waals surface area contributed by atoms with Crippen LogP contribution in [-0.2, 0) is 14.3 Å². The first-order valence-corrected chi connectivity index (χ1v) is 11.6. The van der Waals surface area contributed by atoms with Crippen molar-refractivity contribution in [1.29, 1.82) is 5.26 Å². The van der Waals surface area contributed by atoms with E-state index < -0.39 is 41.8 Å². The number of alkyl halides is 3. The molecule has 2 bridgehead atoms. The first-order chi connectivity index (χ1) is 16.6. The van der Waals surface area contributed by atoms with Gasteiger partial charge in [0.25, 0.3) is 5.91 Å². The normalized spacial score (nSPS) is 34.1. The fourth-order valence-corrected chi connectivity index (χ4v) is 6.18. The van der Waals surface area contributed by atoms with E-state index in [1.54, 1.807) is 18.3 Å². The Morgan fingerprint density at radius 1 is 1.23 bits per heavy atom. The smallest absolute Gasteiger partial charge is 0.432 e. The summed E-state index contributed by atoms with van der Waals surface area (Å²) in [5.41, 5.74) is 5.06. The van der Waals surface area contributed by atoms with Crippen molar-refractivity contribution in [1.82, 2.24) is 14.8 Å². The Kier molecular flexibility index (Phi) is 5.51. The standard InChI is InChI=1S/C23H24F3N5O4/c24-23(25,26)21(34)35-22-9-14(22)8-17(10-27)31(22)20(33)18(28)13-6-15-3-4-16(7-13)30(15)19(32)12-2-1-5-29-11-12/h1-2,5,11,13-18H,3-4,6-9,28H2/t13?,14-,15?,16?,17+,18+,22+/m1/s1.